The number of ether oxygens (including phenoxy) is 1. The molecule has 1 aliphatic heterocycles. The first kappa shape index (κ1) is 30.4. The quantitative estimate of drug-likeness (QED) is 0.226. The summed E-state index contributed by atoms with van der Waals surface area (Å²) in [5.41, 5.74) is 8.45. The first-order chi connectivity index (χ1) is 18.4. The first-order valence-corrected chi connectivity index (χ1v) is 15.9. The van der Waals surface area contributed by atoms with Gasteiger partial charge >= 0.3 is 0 Å². The maximum atomic E-state index is 12.0. The van der Waals surface area contributed by atoms with Gasteiger partial charge in [-0.15, -0.1) is 0 Å². The van der Waals surface area contributed by atoms with Gasteiger partial charge in [0.15, 0.2) is 0 Å². The molecule has 1 aliphatic rings. The van der Waals surface area contributed by atoms with E-state index in [0.717, 1.165) is 80.4 Å². The lowest BCUT2D eigenvalue weighted by Gasteiger charge is -2.30. The van der Waals surface area contributed by atoms with Gasteiger partial charge in [-0.1, -0.05) is 56.2 Å². The van der Waals surface area contributed by atoms with Crippen molar-refractivity contribution in [2.45, 2.75) is 58.8 Å². The molecule has 3 atom stereocenters. The molecule has 0 saturated carbocycles. The van der Waals surface area contributed by atoms with Crippen molar-refractivity contribution in [2.24, 2.45) is 23.5 Å². The number of hydrogen-bond acceptors (Lipinski definition) is 4. The average Bonchev–Trinajstić information content (AvgIpc) is 3.06. The Balaban J connectivity index is 1.65. The van der Waals surface area contributed by atoms with Crippen LogP contribution >= 0.6 is 23.4 Å². The number of allylic oxidation sites excluding steroid dienone is 2. The maximum absolute atomic E-state index is 12.0. The number of aryl methyl sites for hydroxylation is 1. The van der Waals surface area contributed by atoms with E-state index in [0.29, 0.717) is 24.0 Å². The van der Waals surface area contributed by atoms with Gasteiger partial charge in [-0.05, 0) is 98.3 Å². The minimum absolute atomic E-state index is 0.400. The van der Waals surface area contributed by atoms with Crippen molar-refractivity contribution in [1.82, 2.24) is 0 Å². The molecule has 3 rings (SSSR count). The number of primary amides is 1. The second-order valence-corrected chi connectivity index (χ2v) is 12.1. The van der Waals surface area contributed by atoms with Crippen LogP contribution in [0.1, 0.15) is 68.3 Å². The molecule has 0 radical (unpaired) electrons. The van der Waals surface area contributed by atoms with Gasteiger partial charge in [0.25, 0.3) is 0 Å². The van der Waals surface area contributed by atoms with E-state index in [2.05, 4.69) is 49.3 Å². The fourth-order valence-corrected chi connectivity index (χ4v) is 6.13. The Labute approximate surface area is 239 Å². The monoisotopic (exact) mass is 556 g/mol. The number of thioether (sulfide) groups is 1. The number of nitrogens with two attached hydrogens (primary N) is 1. The van der Waals surface area contributed by atoms with E-state index in [1.807, 2.05) is 36.0 Å². The zero-order valence-corrected chi connectivity index (χ0v) is 24.9. The summed E-state index contributed by atoms with van der Waals surface area (Å²) in [6.07, 6.45) is 14.6. The number of anilines is 1. The third kappa shape index (κ3) is 9.89. The van der Waals surface area contributed by atoms with Crippen molar-refractivity contribution >= 4 is 35.0 Å². The Morgan fingerprint density at radius 3 is 2.84 bits per heavy atom. The minimum atomic E-state index is -0.400. The zero-order valence-electron chi connectivity index (χ0n) is 23.3. The van der Waals surface area contributed by atoms with Crippen LogP contribution in [0.2, 0.25) is 5.02 Å². The molecule has 38 heavy (non-hydrogen) atoms. The molecule has 0 spiro atoms. The van der Waals surface area contributed by atoms with Gasteiger partial charge in [0.2, 0.25) is 5.91 Å². The second-order valence-electron chi connectivity index (χ2n) is 10.8. The summed E-state index contributed by atoms with van der Waals surface area (Å²) in [5.74, 6) is 3.37. The lowest BCUT2D eigenvalue weighted by Crippen LogP contribution is -2.34. The Bertz CT molecular complexity index is 1040. The van der Waals surface area contributed by atoms with Crippen LogP contribution in [-0.4, -0.2) is 37.6 Å². The molecule has 208 valence electrons. The molecule has 1 unspecified atom stereocenters. The first-order valence-electron chi connectivity index (χ1n) is 14.1. The third-order valence-corrected chi connectivity index (χ3v) is 8.60. The van der Waals surface area contributed by atoms with Crippen LogP contribution in [-0.2, 0) is 6.42 Å². The van der Waals surface area contributed by atoms with Crippen LogP contribution in [0, 0.1) is 17.8 Å². The number of rotatable bonds is 15. The molecule has 2 aromatic rings. The summed E-state index contributed by atoms with van der Waals surface area (Å²) in [6, 6.07) is 13.8. The molecule has 4 nitrogen and oxygen atoms in total. The van der Waals surface area contributed by atoms with Crippen molar-refractivity contribution in [1.29, 1.82) is 0 Å². The molecule has 1 amide bonds. The fraction of sp³-hybridized carbons (Fsp3) is 0.531. The molecule has 0 saturated heterocycles. The molecule has 0 aromatic heterocycles. The highest BCUT2D eigenvalue weighted by molar-refractivity contribution is 7.98. The molecule has 2 aromatic carbocycles. The normalized spacial score (nSPS) is 17.1. The van der Waals surface area contributed by atoms with Crippen LogP contribution in [0.3, 0.4) is 0 Å². The Morgan fingerprint density at radius 1 is 1.26 bits per heavy atom. The zero-order chi connectivity index (χ0) is 27.3. The van der Waals surface area contributed by atoms with Gasteiger partial charge in [-0.25, -0.2) is 0 Å². The molecule has 2 N–H and O–H groups in total. The number of carbonyl (C=O) groups is 1. The lowest BCUT2D eigenvalue weighted by molar-refractivity contribution is 0.100. The van der Waals surface area contributed by atoms with E-state index >= 15 is 0 Å². The Hall–Kier alpha value is -2.11. The van der Waals surface area contributed by atoms with Crippen molar-refractivity contribution in [2.75, 3.05) is 36.6 Å². The van der Waals surface area contributed by atoms with Gasteiger partial charge in [0.05, 0.1) is 12.3 Å². The van der Waals surface area contributed by atoms with Crippen LogP contribution < -0.4 is 15.4 Å². The predicted octanol–water partition coefficient (Wildman–Crippen LogP) is 8.03. The van der Waals surface area contributed by atoms with E-state index < -0.39 is 5.91 Å². The standard InChI is InChI=1S/C32H45ClN2O2S/c1-4-25(11-7-5-6-10-24(2)23-38-3)20-35-21-27(14-8-12-26-13-9-15-29(33)18-26)22-37-31-17-16-28(32(34)36)19-30(31)35/h5-6,9,13,15-19,24-25,27H,4,7-8,10-12,14,20-23H2,1-3H3,(H2,34,36)/b6-5+/t24-,25+,27?/m0/s1. The summed E-state index contributed by atoms with van der Waals surface area (Å²) < 4.78 is 6.29. The second kappa shape index (κ2) is 16.1. The highest BCUT2D eigenvalue weighted by Gasteiger charge is 2.25. The summed E-state index contributed by atoms with van der Waals surface area (Å²) in [5, 5.41) is 0.794. The minimum Gasteiger partial charge on any atom is -0.491 e. The van der Waals surface area contributed by atoms with Gasteiger partial charge in [0, 0.05) is 29.6 Å². The number of halogens is 1. The molecule has 0 fully saturated rings. The number of fused-ring (bicyclic) bond motifs is 1. The molecule has 0 aliphatic carbocycles. The van der Waals surface area contributed by atoms with E-state index in [1.165, 1.54) is 11.3 Å². The summed E-state index contributed by atoms with van der Waals surface area (Å²) in [6.45, 7) is 7.16. The van der Waals surface area contributed by atoms with Gasteiger partial charge in [0.1, 0.15) is 5.75 Å². The summed E-state index contributed by atoms with van der Waals surface area (Å²) >= 11 is 8.10. The SMILES string of the molecule is CC[C@H](CC/C=C/C[C@H](C)CSC)CN1CC(CCCc2cccc(Cl)c2)COc2ccc(C(N)=O)cc21. The Morgan fingerprint density at radius 2 is 2.11 bits per heavy atom. The molecule has 6 heteroatoms. The topological polar surface area (TPSA) is 55.6 Å². The Kier molecular flexibility index (Phi) is 12.9. The van der Waals surface area contributed by atoms with Crippen molar-refractivity contribution in [3.05, 3.63) is 70.8 Å². The van der Waals surface area contributed by atoms with E-state index in [4.69, 9.17) is 22.1 Å². The van der Waals surface area contributed by atoms with Crippen LogP contribution in [0.25, 0.3) is 0 Å². The van der Waals surface area contributed by atoms with Crippen molar-refractivity contribution < 1.29 is 9.53 Å². The molecule has 1 heterocycles. The number of amides is 1. The van der Waals surface area contributed by atoms with Gasteiger partial charge < -0.3 is 15.4 Å². The molecular weight excluding hydrogens is 512 g/mol. The largest absolute Gasteiger partial charge is 0.491 e. The van der Waals surface area contributed by atoms with Crippen LogP contribution in [0.5, 0.6) is 5.75 Å². The van der Waals surface area contributed by atoms with E-state index in [1.54, 1.807) is 6.07 Å². The lowest BCUT2D eigenvalue weighted by atomic mass is 9.96. The van der Waals surface area contributed by atoms with Crippen LogP contribution in [0.15, 0.2) is 54.6 Å². The smallest absolute Gasteiger partial charge is 0.248 e. The fourth-order valence-electron chi connectivity index (χ4n) is 5.21. The third-order valence-electron chi connectivity index (χ3n) is 7.46. The summed E-state index contributed by atoms with van der Waals surface area (Å²) in [7, 11) is 0. The number of carbonyl (C=O) groups excluding carboxylic acids is 1. The average molecular weight is 557 g/mol. The highest BCUT2D eigenvalue weighted by Crippen LogP contribution is 2.35. The maximum Gasteiger partial charge on any atom is 0.248 e. The number of hydrogen-bond donors (Lipinski definition) is 1. The number of benzene rings is 2. The van der Waals surface area contributed by atoms with Crippen LogP contribution in [0.4, 0.5) is 5.69 Å². The van der Waals surface area contributed by atoms with Crippen molar-refractivity contribution in [3.63, 3.8) is 0 Å². The van der Waals surface area contributed by atoms with Gasteiger partial charge in [-0.3, -0.25) is 4.79 Å². The van der Waals surface area contributed by atoms with E-state index in [-0.39, 0.29) is 0 Å². The molecular formula is C32H45ClN2O2S. The predicted molar refractivity (Wildman–Crippen MR) is 165 cm³/mol. The number of nitrogens with zero attached hydrogens (tertiary/aromatic N) is 1. The van der Waals surface area contributed by atoms with E-state index in [9.17, 15) is 4.79 Å². The van der Waals surface area contributed by atoms with Crippen molar-refractivity contribution in [3.8, 4) is 5.75 Å². The summed E-state index contributed by atoms with van der Waals surface area (Å²) in [4.78, 5) is 14.4. The molecule has 0 bridgehead atoms. The van der Waals surface area contributed by atoms with Gasteiger partial charge in [-0.2, -0.15) is 11.8 Å². The highest BCUT2D eigenvalue weighted by atomic mass is 35.5.